The summed E-state index contributed by atoms with van der Waals surface area (Å²) in [4.78, 5) is 21.8. The Labute approximate surface area is 184 Å². The molecule has 0 unspecified atom stereocenters. The number of hydrogen-bond acceptors (Lipinski definition) is 6. The van der Waals surface area contributed by atoms with E-state index in [0.717, 1.165) is 39.1 Å². The fourth-order valence-corrected chi connectivity index (χ4v) is 3.99. The van der Waals surface area contributed by atoms with Crippen molar-refractivity contribution in [1.82, 2.24) is 24.7 Å². The first kappa shape index (κ1) is 19.9. The van der Waals surface area contributed by atoms with Crippen molar-refractivity contribution >= 4 is 28.1 Å². The van der Waals surface area contributed by atoms with E-state index in [-0.39, 0.29) is 5.91 Å². The highest BCUT2D eigenvalue weighted by Crippen LogP contribution is 2.26. The molecule has 0 bridgehead atoms. The van der Waals surface area contributed by atoms with E-state index < -0.39 is 0 Å². The van der Waals surface area contributed by atoms with Crippen LogP contribution in [-0.2, 0) is 11.2 Å². The number of aromatic nitrogens is 5. The Hall–Kier alpha value is -4.07. The van der Waals surface area contributed by atoms with Crippen molar-refractivity contribution in [2.24, 2.45) is 0 Å². The summed E-state index contributed by atoms with van der Waals surface area (Å²) >= 11 is 0. The number of para-hydroxylation sites is 1. The predicted molar refractivity (Wildman–Crippen MR) is 121 cm³/mol. The minimum atomic E-state index is -0.0952. The van der Waals surface area contributed by atoms with E-state index in [2.05, 4.69) is 20.6 Å². The van der Waals surface area contributed by atoms with Crippen molar-refractivity contribution in [3.63, 3.8) is 0 Å². The highest BCUT2D eigenvalue weighted by Gasteiger charge is 2.16. The minimum Gasteiger partial charge on any atom is -0.339 e. The van der Waals surface area contributed by atoms with Gasteiger partial charge in [-0.05, 0) is 50.1 Å². The van der Waals surface area contributed by atoms with Crippen molar-refractivity contribution in [2.45, 2.75) is 33.6 Å². The summed E-state index contributed by atoms with van der Waals surface area (Å²) in [5, 5.41) is 12.7. The fourth-order valence-electron chi connectivity index (χ4n) is 3.99. The molecule has 0 radical (unpaired) electrons. The molecule has 160 valence electrons. The largest absolute Gasteiger partial charge is 0.339 e. The van der Waals surface area contributed by atoms with Crippen LogP contribution in [0.5, 0.6) is 0 Å². The highest BCUT2D eigenvalue weighted by molar-refractivity contribution is 5.95. The third-order valence-corrected chi connectivity index (χ3v) is 5.59. The molecule has 0 fully saturated rings. The average Bonchev–Trinajstić information content (AvgIpc) is 3.38. The molecule has 0 aliphatic rings. The van der Waals surface area contributed by atoms with Crippen LogP contribution >= 0.6 is 0 Å². The van der Waals surface area contributed by atoms with Gasteiger partial charge in [-0.15, -0.1) is 0 Å². The summed E-state index contributed by atoms with van der Waals surface area (Å²) in [7, 11) is 0. The minimum absolute atomic E-state index is 0.0952. The number of carbonyl (C=O) groups excluding carboxylic acids is 1. The van der Waals surface area contributed by atoms with Crippen LogP contribution < -0.4 is 5.32 Å². The monoisotopic (exact) mass is 426 g/mol. The Balaban J connectivity index is 1.38. The second-order valence-corrected chi connectivity index (χ2v) is 7.74. The van der Waals surface area contributed by atoms with Gasteiger partial charge in [0.1, 0.15) is 0 Å². The molecular formula is C24H22N6O2. The number of fused-ring (bicyclic) bond motifs is 3. The van der Waals surface area contributed by atoms with Crippen LogP contribution in [0.1, 0.15) is 29.3 Å². The second-order valence-electron chi connectivity index (χ2n) is 7.74. The Morgan fingerprint density at radius 1 is 1.03 bits per heavy atom. The number of nitrogens with one attached hydrogen (secondary N) is 1. The van der Waals surface area contributed by atoms with Gasteiger partial charge in [0.25, 0.3) is 0 Å². The Bertz CT molecular complexity index is 1470. The van der Waals surface area contributed by atoms with Crippen molar-refractivity contribution < 1.29 is 9.32 Å². The zero-order valence-electron chi connectivity index (χ0n) is 18.1. The summed E-state index contributed by atoms with van der Waals surface area (Å²) in [6.45, 7) is 5.74. The standard InChI is InChI=1S/C24H22N6O2/c1-14-17(15(2)30-24(25-14)19-9-5-7-11-21(19)28-30)12-13-22(31)27-20-10-6-4-8-18(20)23-26-16(3)32-29-23/h4-11H,12-13H2,1-3H3,(H,27,31). The van der Waals surface area contributed by atoms with E-state index >= 15 is 0 Å². The first-order valence-corrected chi connectivity index (χ1v) is 10.4. The molecule has 2 aromatic carbocycles. The Morgan fingerprint density at radius 3 is 2.62 bits per heavy atom. The lowest BCUT2D eigenvalue weighted by molar-refractivity contribution is -0.116. The van der Waals surface area contributed by atoms with Crippen molar-refractivity contribution in [3.05, 3.63) is 71.4 Å². The molecule has 3 heterocycles. The second kappa shape index (κ2) is 7.88. The van der Waals surface area contributed by atoms with Gasteiger partial charge < -0.3 is 9.84 Å². The average molecular weight is 426 g/mol. The zero-order chi connectivity index (χ0) is 22.2. The Kier molecular flexibility index (Phi) is 4.89. The maximum atomic E-state index is 12.8. The maximum Gasteiger partial charge on any atom is 0.224 e. The summed E-state index contributed by atoms with van der Waals surface area (Å²) in [5.41, 5.74) is 6.06. The number of hydrogen-bond donors (Lipinski definition) is 1. The maximum absolute atomic E-state index is 12.8. The molecule has 0 atom stereocenters. The number of nitrogens with zero attached hydrogens (tertiary/aromatic N) is 5. The van der Waals surface area contributed by atoms with Crippen LogP contribution in [0.15, 0.2) is 53.1 Å². The molecule has 0 aliphatic carbocycles. The topological polar surface area (TPSA) is 98.2 Å². The number of anilines is 1. The molecule has 5 rings (SSSR count). The predicted octanol–water partition coefficient (Wildman–Crippen LogP) is 4.43. The first-order valence-electron chi connectivity index (χ1n) is 10.4. The SMILES string of the molecule is Cc1nc(-c2ccccc2NC(=O)CCc2c(C)nc3c4ccccc4nn3c2C)no1. The van der Waals surface area contributed by atoms with Crippen LogP contribution in [0.4, 0.5) is 5.69 Å². The number of carbonyl (C=O) groups is 1. The third kappa shape index (κ3) is 3.49. The molecule has 0 saturated heterocycles. The number of amides is 1. The Morgan fingerprint density at radius 2 is 1.81 bits per heavy atom. The van der Waals surface area contributed by atoms with E-state index in [1.165, 1.54) is 0 Å². The molecule has 1 N–H and O–H groups in total. The van der Waals surface area contributed by atoms with E-state index in [9.17, 15) is 4.79 Å². The molecule has 8 nitrogen and oxygen atoms in total. The van der Waals surface area contributed by atoms with E-state index in [4.69, 9.17) is 9.51 Å². The van der Waals surface area contributed by atoms with Crippen LogP contribution in [-0.4, -0.2) is 30.6 Å². The molecule has 0 spiro atoms. The molecule has 32 heavy (non-hydrogen) atoms. The molecule has 0 aliphatic heterocycles. The summed E-state index contributed by atoms with van der Waals surface area (Å²) < 4.78 is 6.95. The van der Waals surface area contributed by atoms with Gasteiger partial charge in [0, 0.05) is 35.7 Å². The van der Waals surface area contributed by atoms with E-state index in [0.29, 0.717) is 30.2 Å². The molecule has 0 saturated carbocycles. The smallest absolute Gasteiger partial charge is 0.224 e. The van der Waals surface area contributed by atoms with Gasteiger partial charge in [0.15, 0.2) is 5.65 Å². The van der Waals surface area contributed by atoms with Gasteiger partial charge in [0.05, 0.1) is 11.2 Å². The number of rotatable bonds is 5. The van der Waals surface area contributed by atoms with Gasteiger partial charge in [0.2, 0.25) is 17.6 Å². The number of benzene rings is 2. The highest BCUT2D eigenvalue weighted by atomic mass is 16.5. The van der Waals surface area contributed by atoms with Crippen LogP contribution in [0, 0.1) is 20.8 Å². The first-order chi connectivity index (χ1) is 15.5. The summed E-state index contributed by atoms with van der Waals surface area (Å²) in [5.74, 6) is 0.828. The van der Waals surface area contributed by atoms with Gasteiger partial charge in [-0.1, -0.05) is 29.4 Å². The van der Waals surface area contributed by atoms with Gasteiger partial charge in [-0.25, -0.2) is 9.50 Å². The number of aryl methyl sites for hydroxylation is 3. The van der Waals surface area contributed by atoms with Crippen molar-refractivity contribution in [1.29, 1.82) is 0 Å². The fraction of sp³-hybridized carbons (Fsp3) is 0.208. The van der Waals surface area contributed by atoms with Crippen LogP contribution in [0.3, 0.4) is 0 Å². The molecule has 5 aromatic rings. The van der Waals surface area contributed by atoms with Crippen LogP contribution in [0.25, 0.3) is 27.9 Å². The zero-order valence-corrected chi connectivity index (χ0v) is 18.1. The van der Waals surface area contributed by atoms with Gasteiger partial charge in [-0.3, -0.25) is 4.79 Å². The van der Waals surface area contributed by atoms with E-state index in [1.54, 1.807) is 6.92 Å². The molecule has 1 amide bonds. The van der Waals surface area contributed by atoms with Crippen LogP contribution in [0.2, 0.25) is 0 Å². The summed E-state index contributed by atoms with van der Waals surface area (Å²) in [6, 6.07) is 15.4. The van der Waals surface area contributed by atoms with Crippen molar-refractivity contribution in [3.8, 4) is 11.4 Å². The van der Waals surface area contributed by atoms with E-state index in [1.807, 2.05) is 66.9 Å². The van der Waals surface area contributed by atoms with Crippen molar-refractivity contribution in [2.75, 3.05) is 5.32 Å². The lowest BCUT2D eigenvalue weighted by atomic mass is 10.1. The van der Waals surface area contributed by atoms with Gasteiger partial charge >= 0.3 is 0 Å². The molecule has 8 heteroatoms. The molecule has 3 aromatic heterocycles. The quantitative estimate of drug-likeness (QED) is 0.446. The normalized spacial score (nSPS) is 11.3. The molecular weight excluding hydrogens is 404 g/mol. The lowest BCUT2D eigenvalue weighted by Crippen LogP contribution is -2.15. The lowest BCUT2D eigenvalue weighted by Gasteiger charge is -2.12. The van der Waals surface area contributed by atoms with Gasteiger partial charge in [-0.2, -0.15) is 10.1 Å². The third-order valence-electron chi connectivity index (χ3n) is 5.59. The summed E-state index contributed by atoms with van der Waals surface area (Å²) in [6.07, 6.45) is 0.876.